The zero-order valence-electron chi connectivity index (χ0n) is 14.6. The molecule has 28 heavy (non-hydrogen) atoms. The fourth-order valence-electron chi connectivity index (χ4n) is 3.73. The lowest BCUT2D eigenvalue weighted by Crippen LogP contribution is -2.19. The third-order valence-corrected chi connectivity index (χ3v) is 4.94. The van der Waals surface area contributed by atoms with Crippen LogP contribution < -0.4 is 0 Å². The van der Waals surface area contributed by atoms with Crippen molar-refractivity contribution in [3.05, 3.63) is 68.8 Å². The molecule has 4 bridgehead atoms. The van der Waals surface area contributed by atoms with Crippen LogP contribution in [0, 0.1) is 0 Å². The number of aryl methyl sites for hydroxylation is 4. The van der Waals surface area contributed by atoms with E-state index in [1.807, 2.05) is 0 Å². The third-order valence-electron chi connectivity index (χ3n) is 4.94. The van der Waals surface area contributed by atoms with Crippen molar-refractivity contribution < 1.29 is 39.6 Å². The van der Waals surface area contributed by atoms with Gasteiger partial charge in [0.25, 0.3) is 0 Å². The molecule has 4 aliphatic carbocycles. The van der Waals surface area contributed by atoms with Crippen molar-refractivity contribution in [3.63, 3.8) is 0 Å². The first-order chi connectivity index (χ1) is 13.2. The molecule has 0 radical (unpaired) electrons. The average Bonchev–Trinajstić information content (AvgIpc) is 2.61. The maximum atomic E-state index is 11.8. The van der Waals surface area contributed by atoms with Gasteiger partial charge in [0.2, 0.25) is 0 Å². The van der Waals surface area contributed by atoms with Crippen molar-refractivity contribution >= 4 is 23.9 Å². The van der Waals surface area contributed by atoms with Crippen LogP contribution in [0.2, 0.25) is 0 Å². The van der Waals surface area contributed by atoms with Gasteiger partial charge in [-0.2, -0.15) is 0 Å². The first-order valence-electron chi connectivity index (χ1n) is 8.45. The minimum Gasteiger partial charge on any atom is -0.478 e. The van der Waals surface area contributed by atoms with E-state index >= 15 is 0 Å². The molecule has 8 heteroatoms. The van der Waals surface area contributed by atoms with Crippen molar-refractivity contribution in [2.75, 3.05) is 0 Å². The van der Waals surface area contributed by atoms with E-state index in [4.69, 9.17) is 0 Å². The highest BCUT2D eigenvalue weighted by atomic mass is 16.4. The van der Waals surface area contributed by atoms with Crippen LogP contribution in [0.25, 0.3) is 0 Å². The largest absolute Gasteiger partial charge is 0.478 e. The fraction of sp³-hybridized carbons (Fsp3) is 0.200. The molecule has 4 N–H and O–H groups in total. The van der Waals surface area contributed by atoms with E-state index in [2.05, 4.69) is 0 Å². The average molecular weight is 384 g/mol. The second-order valence-electron chi connectivity index (χ2n) is 6.49. The Hall–Kier alpha value is -3.68. The topological polar surface area (TPSA) is 149 Å². The van der Waals surface area contributed by atoms with Gasteiger partial charge in [0.1, 0.15) is 0 Å². The zero-order valence-corrected chi connectivity index (χ0v) is 14.6. The normalized spacial score (nSPS) is 12.9. The van der Waals surface area contributed by atoms with Crippen molar-refractivity contribution in [1.82, 2.24) is 0 Å². The van der Waals surface area contributed by atoms with Crippen LogP contribution >= 0.6 is 0 Å². The van der Waals surface area contributed by atoms with Gasteiger partial charge in [-0.15, -0.1) is 0 Å². The zero-order chi connectivity index (χ0) is 20.6. The molecule has 4 aliphatic rings. The molecule has 8 nitrogen and oxygen atoms in total. The summed E-state index contributed by atoms with van der Waals surface area (Å²) in [7, 11) is 0. The van der Waals surface area contributed by atoms with Gasteiger partial charge in [-0.1, -0.05) is 24.3 Å². The van der Waals surface area contributed by atoms with Crippen molar-refractivity contribution in [2.24, 2.45) is 0 Å². The summed E-state index contributed by atoms with van der Waals surface area (Å²) in [5.41, 5.74) is -0.215. The van der Waals surface area contributed by atoms with E-state index in [0.29, 0.717) is 0 Å². The molecule has 2 aromatic rings. The maximum absolute atomic E-state index is 11.8. The molecule has 2 aromatic carbocycles. The molecule has 144 valence electrons. The Morgan fingerprint density at radius 3 is 0.786 bits per heavy atom. The molecule has 0 aromatic heterocycles. The molecule has 0 fully saturated rings. The number of hydrogen-bond acceptors (Lipinski definition) is 4. The second kappa shape index (κ2) is 7.15. The Labute approximate surface area is 158 Å². The minimum atomic E-state index is -1.37. The summed E-state index contributed by atoms with van der Waals surface area (Å²) < 4.78 is 0. The first kappa shape index (κ1) is 19.1. The Bertz CT molecular complexity index is 869. The lowest BCUT2D eigenvalue weighted by molar-refractivity contribution is 0.0648. The van der Waals surface area contributed by atoms with Crippen molar-refractivity contribution in [1.29, 1.82) is 0 Å². The van der Waals surface area contributed by atoms with E-state index < -0.39 is 23.9 Å². The number of benzene rings is 2. The van der Waals surface area contributed by atoms with E-state index in [9.17, 15) is 39.6 Å². The predicted molar refractivity (Wildman–Crippen MR) is 95.5 cm³/mol. The molecular weight excluding hydrogens is 368 g/mol. The number of carboxylic acid groups (broad SMARTS) is 4. The predicted octanol–water partition coefficient (Wildman–Crippen LogP) is 2.36. The minimum absolute atomic E-state index is 0.0564. The lowest BCUT2D eigenvalue weighted by Gasteiger charge is -2.18. The van der Waals surface area contributed by atoms with Gasteiger partial charge in [-0.25, -0.2) is 19.2 Å². The molecule has 6 rings (SSSR count). The summed E-state index contributed by atoms with van der Waals surface area (Å²) >= 11 is 0. The Kier molecular flexibility index (Phi) is 4.87. The van der Waals surface area contributed by atoms with Crippen LogP contribution in [0.5, 0.6) is 0 Å². The molecular formula is C20H16O8. The summed E-state index contributed by atoms with van der Waals surface area (Å²) in [6.07, 6.45) is 0.226. The smallest absolute Gasteiger partial charge is 0.336 e. The van der Waals surface area contributed by atoms with E-state index in [1.165, 1.54) is 24.3 Å². The number of rotatable bonds is 4. The Morgan fingerprint density at radius 2 is 0.643 bits per heavy atom. The van der Waals surface area contributed by atoms with Crippen LogP contribution in [-0.2, 0) is 25.7 Å². The fourth-order valence-corrected chi connectivity index (χ4v) is 3.73. The number of hydrogen-bond donors (Lipinski definition) is 4. The molecule has 0 aliphatic heterocycles. The number of aromatic carboxylic acids is 4. The monoisotopic (exact) mass is 384 g/mol. The first-order valence-corrected chi connectivity index (χ1v) is 8.45. The SMILES string of the molecule is O=C(O)c1c2ccc(c1C(=O)O)CCc1ccc(c(C(=O)O)c1C(=O)O)CC2. The summed E-state index contributed by atoms with van der Waals surface area (Å²) in [5, 5.41) is 38.3. The summed E-state index contributed by atoms with van der Waals surface area (Å²) in [4.78, 5) is 47.0. The molecule has 0 unspecified atom stereocenters. The van der Waals surface area contributed by atoms with Gasteiger partial charge in [0, 0.05) is 0 Å². The van der Waals surface area contributed by atoms with Crippen LogP contribution in [0.4, 0.5) is 0 Å². The second-order valence-corrected chi connectivity index (χ2v) is 6.49. The summed E-state index contributed by atoms with van der Waals surface area (Å²) in [5.74, 6) is -5.48. The van der Waals surface area contributed by atoms with E-state index in [1.54, 1.807) is 0 Å². The Balaban J connectivity index is 2.28. The van der Waals surface area contributed by atoms with Gasteiger partial charge in [0.15, 0.2) is 0 Å². The Morgan fingerprint density at radius 1 is 0.464 bits per heavy atom. The third kappa shape index (κ3) is 3.20. The molecule has 0 saturated carbocycles. The molecule has 0 atom stereocenters. The molecule has 0 heterocycles. The highest BCUT2D eigenvalue weighted by Gasteiger charge is 2.28. The van der Waals surface area contributed by atoms with Crippen LogP contribution in [0.3, 0.4) is 0 Å². The van der Waals surface area contributed by atoms with Gasteiger partial charge in [-0.3, -0.25) is 0 Å². The number of carboxylic acids is 4. The molecule has 0 saturated heterocycles. The van der Waals surface area contributed by atoms with E-state index in [0.717, 1.165) is 0 Å². The van der Waals surface area contributed by atoms with Crippen LogP contribution in [0.15, 0.2) is 24.3 Å². The number of carbonyl (C=O) groups is 4. The standard InChI is InChI=1S/C20H16O8/c21-17(22)13-9-1-2-10(14(13)18(23)24)7-8-12-4-3-11(6-5-9)15(19(25)26)16(12)20(27)28/h1-4H,5-8H2,(H,21,22)(H,23,24)(H,25,26)(H,27,28). The van der Waals surface area contributed by atoms with Gasteiger partial charge in [0.05, 0.1) is 22.3 Å². The summed E-state index contributed by atoms with van der Waals surface area (Å²) in [6.45, 7) is 0. The highest BCUT2D eigenvalue weighted by Crippen LogP contribution is 2.28. The van der Waals surface area contributed by atoms with Gasteiger partial charge >= 0.3 is 23.9 Å². The highest BCUT2D eigenvalue weighted by molar-refractivity contribution is 6.05. The molecule has 0 amide bonds. The van der Waals surface area contributed by atoms with Crippen molar-refractivity contribution in [3.8, 4) is 0 Å². The van der Waals surface area contributed by atoms with Gasteiger partial charge in [-0.05, 0) is 47.9 Å². The van der Waals surface area contributed by atoms with Gasteiger partial charge < -0.3 is 20.4 Å². The summed E-state index contributed by atoms with van der Waals surface area (Å²) in [6, 6.07) is 6.16. The maximum Gasteiger partial charge on any atom is 0.336 e. The lowest BCUT2D eigenvalue weighted by atomic mass is 9.85. The quantitative estimate of drug-likeness (QED) is 0.627. The van der Waals surface area contributed by atoms with Crippen LogP contribution in [-0.4, -0.2) is 44.3 Å². The van der Waals surface area contributed by atoms with Crippen molar-refractivity contribution in [2.45, 2.75) is 25.7 Å². The van der Waals surface area contributed by atoms with Crippen LogP contribution in [0.1, 0.15) is 63.7 Å². The molecule has 0 spiro atoms. The van der Waals surface area contributed by atoms with E-state index in [-0.39, 0.29) is 70.2 Å².